The molecule has 0 radical (unpaired) electrons. The van der Waals surface area contributed by atoms with E-state index in [2.05, 4.69) is 0 Å². The highest BCUT2D eigenvalue weighted by Crippen LogP contribution is 2.49. The van der Waals surface area contributed by atoms with Crippen LogP contribution in [0.4, 0.5) is 0 Å². The Labute approximate surface area is 203 Å². The summed E-state index contributed by atoms with van der Waals surface area (Å²) in [5, 5.41) is -0.230. The monoisotopic (exact) mass is 486 g/mol. The first-order chi connectivity index (χ1) is 15.1. The molecule has 1 aliphatic heterocycles. The van der Waals surface area contributed by atoms with Crippen molar-refractivity contribution in [3.05, 3.63) is 11.3 Å². The maximum absolute atomic E-state index is 12.9. The van der Waals surface area contributed by atoms with Crippen molar-refractivity contribution in [2.75, 3.05) is 0 Å². The van der Waals surface area contributed by atoms with Gasteiger partial charge in [-0.05, 0) is 65.7 Å². The predicted octanol–water partition coefficient (Wildman–Crippen LogP) is 7.45. The van der Waals surface area contributed by atoms with Crippen LogP contribution in [0, 0.1) is 11.3 Å². The number of halogens is 2. The minimum absolute atomic E-state index is 0.0241. The molecule has 3 saturated carbocycles. The molecule has 182 valence electrons. The fourth-order valence-corrected chi connectivity index (χ4v) is 6.11. The Morgan fingerprint density at radius 1 is 0.938 bits per heavy atom. The van der Waals surface area contributed by atoms with Crippen LogP contribution in [0.15, 0.2) is 11.3 Å². The van der Waals surface area contributed by atoms with Crippen LogP contribution in [0.2, 0.25) is 0 Å². The van der Waals surface area contributed by atoms with Crippen LogP contribution in [0.1, 0.15) is 111 Å². The Balaban J connectivity index is 0.000000416. The molecule has 0 aromatic rings. The minimum atomic E-state index is -0.792. The van der Waals surface area contributed by atoms with Crippen molar-refractivity contribution in [2.24, 2.45) is 11.3 Å². The van der Waals surface area contributed by atoms with Crippen molar-refractivity contribution in [2.45, 2.75) is 127 Å². The number of ether oxygens (including phenoxy) is 2. The lowest BCUT2D eigenvalue weighted by Crippen LogP contribution is -2.38. The molecule has 0 saturated heterocycles. The molecule has 0 aromatic heterocycles. The first-order valence-electron chi connectivity index (χ1n) is 12.6. The molecule has 3 aliphatic carbocycles. The Kier molecular flexibility index (Phi) is 8.99. The predicted molar refractivity (Wildman–Crippen MR) is 129 cm³/mol. The summed E-state index contributed by atoms with van der Waals surface area (Å²) in [7, 11) is 0. The standard InChI is InChI=1S/C20H28Cl2O4.C6H12/c1-19(2,3)18(24)25-16-15(13-8-7-12(21)11-14(13)22)17(23)26-20(16)9-5-4-6-10-20;1-2-4-6-5-3-1/h12-14H,4-11H2,1-3H3;1-6H2. The molecule has 0 aromatic carbocycles. The molecular weight excluding hydrogens is 447 g/mol. The molecule has 1 spiro atoms. The molecule has 0 amide bonds. The Morgan fingerprint density at radius 3 is 1.97 bits per heavy atom. The topological polar surface area (TPSA) is 52.6 Å². The maximum atomic E-state index is 12.9. The summed E-state index contributed by atoms with van der Waals surface area (Å²) in [6.45, 7) is 5.43. The van der Waals surface area contributed by atoms with Gasteiger partial charge in [0.05, 0.1) is 11.0 Å². The van der Waals surface area contributed by atoms with Gasteiger partial charge in [0.1, 0.15) is 0 Å². The fourth-order valence-electron chi connectivity index (χ4n) is 5.24. The first kappa shape index (κ1) is 25.9. The zero-order valence-corrected chi connectivity index (χ0v) is 21.5. The SMILES string of the molecule is C1CCCCC1.CC(C)(C)C(=O)OC1=C(C2CCC(Cl)CC2Cl)C(=O)OC12CCCCC2. The normalized spacial score (nSPS) is 30.4. The minimum Gasteiger partial charge on any atom is -0.447 e. The third-order valence-electron chi connectivity index (χ3n) is 7.21. The Hall–Kier alpha value is -0.740. The summed E-state index contributed by atoms with van der Waals surface area (Å²) in [5.74, 6) is -0.452. The maximum Gasteiger partial charge on any atom is 0.338 e. The van der Waals surface area contributed by atoms with E-state index < -0.39 is 11.0 Å². The van der Waals surface area contributed by atoms with Crippen molar-refractivity contribution < 1.29 is 19.1 Å². The molecule has 6 heteroatoms. The van der Waals surface area contributed by atoms with Gasteiger partial charge in [0, 0.05) is 16.7 Å². The van der Waals surface area contributed by atoms with Crippen molar-refractivity contribution >= 4 is 35.1 Å². The molecule has 3 fully saturated rings. The van der Waals surface area contributed by atoms with E-state index in [1.807, 2.05) is 20.8 Å². The molecule has 3 unspecified atom stereocenters. The number of rotatable bonds is 2. The van der Waals surface area contributed by atoms with E-state index >= 15 is 0 Å². The summed E-state index contributed by atoms with van der Waals surface area (Å²) < 4.78 is 11.8. The summed E-state index contributed by atoms with van der Waals surface area (Å²) >= 11 is 12.8. The van der Waals surface area contributed by atoms with Gasteiger partial charge < -0.3 is 9.47 Å². The summed E-state index contributed by atoms with van der Waals surface area (Å²) in [4.78, 5) is 25.5. The third-order valence-corrected chi connectivity index (χ3v) is 8.09. The van der Waals surface area contributed by atoms with Gasteiger partial charge in [0.15, 0.2) is 11.4 Å². The van der Waals surface area contributed by atoms with Crippen molar-refractivity contribution in [1.29, 1.82) is 0 Å². The summed E-state index contributed by atoms with van der Waals surface area (Å²) in [6, 6.07) is 0. The lowest BCUT2D eigenvalue weighted by atomic mass is 9.78. The molecular formula is C26H40Cl2O4. The van der Waals surface area contributed by atoms with E-state index in [9.17, 15) is 9.59 Å². The number of esters is 2. The highest BCUT2D eigenvalue weighted by molar-refractivity contribution is 6.24. The van der Waals surface area contributed by atoms with Crippen LogP contribution in [0.5, 0.6) is 0 Å². The van der Waals surface area contributed by atoms with Gasteiger partial charge in [-0.25, -0.2) is 4.79 Å². The third kappa shape index (κ3) is 6.23. The van der Waals surface area contributed by atoms with Crippen molar-refractivity contribution in [1.82, 2.24) is 0 Å². The van der Waals surface area contributed by atoms with E-state index in [4.69, 9.17) is 32.7 Å². The largest absolute Gasteiger partial charge is 0.447 e. The smallest absolute Gasteiger partial charge is 0.338 e. The van der Waals surface area contributed by atoms with E-state index in [0.717, 1.165) is 25.7 Å². The molecule has 3 atom stereocenters. The highest BCUT2D eigenvalue weighted by Gasteiger charge is 2.54. The van der Waals surface area contributed by atoms with Crippen LogP contribution in [-0.4, -0.2) is 28.3 Å². The van der Waals surface area contributed by atoms with Crippen LogP contribution < -0.4 is 0 Å². The van der Waals surface area contributed by atoms with E-state index in [0.29, 0.717) is 37.0 Å². The second kappa shape index (κ2) is 11.1. The quantitative estimate of drug-likeness (QED) is 0.300. The molecule has 4 aliphatic rings. The Morgan fingerprint density at radius 2 is 1.47 bits per heavy atom. The van der Waals surface area contributed by atoms with Crippen LogP contribution >= 0.6 is 23.2 Å². The zero-order chi connectivity index (χ0) is 23.4. The van der Waals surface area contributed by atoms with Gasteiger partial charge in [-0.2, -0.15) is 0 Å². The number of hydrogen-bond acceptors (Lipinski definition) is 4. The number of alkyl halides is 2. The molecule has 32 heavy (non-hydrogen) atoms. The van der Waals surface area contributed by atoms with Crippen LogP contribution in [-0.2, 0) is 19.1 Å². The van der Waals surface area contributed by atoms with Crippen LogP contribution in [0.3, 0.4) is 0 Å². The fraction of sp³-hybridized carbons (Fsp3) is 0.846. The second-order valence-electron chi connectivity index (χ2n) is 11.0. The summed E-state index contributed by atoms with van der Waals surface area (Å²) in [6.07, 6.45) is 15.5. The average molecular weight is 488 g/mol. The van der Waals surface area contributed by atoms with Gasteiger partial charge in [-0.1, -0.05) is 44.9 Å². The molecule has 0 N–H and O–H groups in total. The lowest BCUT2D eigenvalue weighted by molar-refractivity contribution is -0.160. The number of hydrogen-bond donors (Lipinski definition) is 0. The lowest BCUT2D eigenvalue weighted by Gasteiger charge is -2.35. The molecule has 1 heterocycles. The van der Waals surface area contributed by atoms with E-state index in [-0.39, 0.29) is 28.6 Å². The van der Waals surface area contributed by atoms with Crippen molar-refractivity contribution in [3.63, 3.8) is 0 Å². The van der Waals surface area contributed by atoms with Crippen molar-refractivity contribution in [3.8, 4) is 0 Å². The van der Waals surface area contributed by atoms with Gasteiger partial charge in [0.2, 0.25) is 0 Å². The van der Waals surface area contributed by atoms with Gasteiger partial charge >= 0.3 is 11.9 Å². The zero-order valence-electron chi connectivity index (χ0n) is 20.0. The second-order valence-corrected chi connectivity index (χ2v) is 12.2. The Bertz CT molecular complexity index is 688. The highest BCUT2D eigenvalue weighted by atomic mass is 35.5. The van der Waals surface area contributed by atoms with E-state index in [1.165, 1.54) is 38.5 Å². The first-order valence-corrected chi connectivity index (χ1v) is 13.5. The molecule has 4 nitrogen and oxygen atoms in total. The average Bonchev–Trinajstić information content (AvgIpc) is 3.00. The van der Waals surface area contributed by atoms with Gasteiger partial charge in [-0.15, -0.1) is 23.2 Å². The molecule has 0 bridgehead atoms. The van der Waals surface area contributed by atoms with Crippen LogP contribution in [0.25, 0.3) is 0 Å². The summed E-state index contributed by atoms with van der Waals surface area (Å²) in [5.41, 5.74) is -0.971. The van der Waals surface area contributed by atoms with Gasteiger partial charge in [0.25, 0.3) is 0 Å². The van der Waals surface area contributed by atoms with Gasteiger partial charge in [-0.3, -0.25) is 4.79 Å². The van der Waals surface area contributed by atoms with E-state index in [1.54, 1.807) is 0 Å². The number of carbonyl (C=O) groups is 2. The molecule has 4 rings (SSSR count). The number of carbonyl (C=O) groups excluding carboxylic acids is 2.